The van der Waals surface area contributed by atoms with Crippen LogP contribution >= 0.6 is 0 Å². The van der Waals surface area contributed by atoms with Gasteiger partial charge in [-0.05, 0) is 32.0 Å². The van der Waals surface area contributed by atoms with E-state index in [1.807, 2.05) is 13.8 Å². The van der Waals surface area contributed by atoms with Crippen LogP contribution in [0.4, 0.5) is 5.69 Å². The van der Waals surface area contributed by atoms with Gasteiger partial charge in [0.05, 0.1) is 5.69 Å². The lowest BCUT2D eigenvalue weighted by Crippen LogP contribution is -2.30. The van der Waals surface area contributed by atoms with Crippen molar-refractivity contribution in [2.24, 2.45) is 5.14 Å². The topological polar surface area (TPSA) is 106 Å². The predicted molar refractivity (Wildman–Crippen MR) is 69.5 cm³/mol. The van der Waals surface area contributed by atoms with Crippen LogP contribution in [0.5, 0.6) is 0 Å². The molecular formula is C11H17N3O3S. The Labute approximate surface area is 107 Å². The maximum absolute atomic E-state index is 12.0. The number of nitrogen functional groups attached to an aromatic ring is 1. The Morgan fingerprint density at radius 2 is 1.83 bits per heavy atom. The van der Waals surface area contributed by atoms with Crippen molar-refractivity contribution >= 4 is 21.6 Å². The Morgan fingerprint density at radius 1 is 1.28 bits per heavy atom. The first kappa shape index (κ1) is 14.5. The third kappa shape index (κ3) is 2.99. The molecule has 0 aliphatic carbocycles. The van der Waals surface area contributed by atoms with Crippen molar-refractivity contribution in [2.45, 2.75) is 18.7 Å². The zero-order chi connectivity index (χ0) is 13.9. The first-order valence-corrected chi connectivity index (χ1v) is 7.07. The fourth-order valence-electron chi connectivity index (χ4n) is 1.61. The third-order valence-electron chi connectivity index (χ3n) is 2.62. The molecule has 0 heterocycles. The van der Waals surface area contributed by atoms with Gasteiger partial charge in [-0.15, -0.1) is 0 Å². The van der Waals surface area contributed by atoms with Gasteiger partial charge in [-0.1, -0.05) is 0 Å². The lowest BCUT2D eigenvalue weighted by molar-refractivity contribution is 0.0773. The number of carbonyl (C=O) groups excluding carboxylic acids is 1. The minimum Gasteiger partial charge on any atom is -0.398 e. The van der Waals surface area contributed by atoms with Crippen LogP contribution in [0.25, 0.3) is 0 Å². The Kier molecular flexibility index (Phi) is 4.31. The van der Waals surface area contributed by atoms with Crippen molar-refractivity contribution in [3.8, 4) is 0 Å². The van der Waals surface area contributed by atoms with Gasteiger partial charge >= 0.3 is 0 Å². The van der Waals surface area contributed by atoms with E-state index in [4.69, 9.17) is 10.9 Å². The molecule has 1 aromatic rings. The second kappa shape index (κ2) is 5.36. The highest BCUT2D eigenvalue weighted by atomic mass is 32.2. The van der Waals surface area contributed by atoms with E-state index in [2.05, 4.69) is 0 Å². The Morgan fingerprint density at radius 3 is 2.28 bits per heavy atom. The molecule has 6 nitrogen and oxygen atoms in total. The van der Waals surface area contributed by atoms with E-state index in [1.165, 1.54) is 18.2 Å². The van der Waals surface area contributed by atoms with Crippen molar-refractivity contribution in [3.63, 3.8) is 0 Å². The van der Waals surface area contributed by atoms with Gasteiger partial charge in [-0.3, -0.25) is 4.79 Å². The van der Waals surface area contributed by atoms with E-state index < -0.39 is 10.0 Å². The van der Waals surface area contributed by atoms with E-state index in [1.54, 1.807) is 4.90 Å². The molecule has 4 N–H and O–H groups in total. The van der Waals surface area contributed by atoms with Crippen LogP contribution in [-0.2, 0) is 10.0 Å². The summed E-state index contributed by atoms with van der Waals surface area (Å²) < 4.78 is 22.6. The van der Waals surface area contributed by atoms with Gasteiger partial charge in [0.1, 0.15) is 4.90 Å². The molecule has 0 unspecified atom stereocenters. The quantitative estimate of drug-likeness (QED) is 0.773. The summed E-state index contributed by atoms with van der Waals surface area (Å²) in [5.41, 5.74) is 5.83. The zero-order valence-corrected chi connectivity index (χ0v) is 11.2. The fourth-order valence-corrected chi connectivity index (χ4v) is 2.29. The predicted octanol–water partition coefficient (Wildman–Crippen LogP) is 0.398. The first-order chi connectivity index (χ1) is 8.31. The van der Waals surface area contributed by atoms with Gasteiger partial charge in [-0.25, -0.2) is 13.6 Å². The number of amides is 1. The molecule has 1 aromatic carbocycles. The number of rotatable bonds is 4. The fraction of sp³-hybridized carbons (Fsp3) is 0.364. The lowest BCUT2D eigenvalue weighted by atomic mass is 10.2. The number of benzene rings is 1. The van der Waals surface area contributed by atoms with Gasteiger partial charge in [0, 0.05) is 18.7 Å². The molecule has 0 aliphatic rings. The molecule has 1 rings (SSSR count). The number of anilines is 1. The molecule has 0 saturated heterocycles. The normalized spacial score (nSPS) is 11.3. The van der Waals surface area contributed by atoms with Crippen LogP contribution < -0.4 is 10.9 Å². The van der Waals surface area contributed by atoms with Crippen molar-refractivity contribution in [1.29, 1.82) is 0 Å². The van der Waals surface area contributed by atoms with Crippen LogP contribution in [0.2, 0.25) is 0 Å². The molecule has 100 valence electrons. The van der Waals surface area contributed by atoms with E-state index >= 15 is 0 Å². The van der Waals surface area contributed by atoms with Crippen LogP contribution in [0, 0.1) is 0 Å². The standard InChI is InChI=1S/C11H17N3O3S/c1-3-14(4-2)11(15)8-5-6-9(12)10(7-8)18(13,16)17/h5-7H,3-4,12H2,1-2H3,(H2,13,16,17). The highest BCUT2D eigenvalue weighted by Gasteiger charge is 2.18. The molecule has 1 amide bonds. The molecule has 0 atom stereocenters. The summed E-state index contributed by atoms with van der Waals surface area (Å²) in [7, 11) is -3.92. The molecule has 18 heavy (non-hydrogen) atoms. The highest BCUT2D eigenvalue weighted by molar-refractivity contribution is 7.89. The van der Waals surface area contributed by atoms with Gasteiger partial charge in [-0.2, -0.15) is 0 Å². The number of nitrogens with zero attached hydrogens (tertiary/aromatic N) is 1. The second-order valence-electron chi connectivity index (χ2n) is 3.78. The maximum atomic E-state index is 12.0. The molecule has 0 aromatic heterocycles. The van der Waals surface area contributed by atoms with Crippen LogP contribution in [0.3, 0.4) is 0 Å². The molecule has 0 fully saturated rings. The van der Waals surface area contributed by atoms with Crippen molar-refractivity contribution < 1.29 is 13.2 Å². The van der Waals surface area contributed by atoms with E-state index in [0.29, 0.717) is 13.1 Å². The minimum absolute atomic E-state index is 0.0357. The monoisotopic (exact) mass is 271 g/mol. The van der Waals surface area contributed by atoms with E-state index in [9.17, 15) is 13.2 Å². The second-order valence-corrected chi connectivity index (χ2v) is 5.30. The highest BCUT2D eigenvalue weighted by Crippen LogP contribution is 2.19. The van der Waals surface area contributed by atoms with E-state index in [0.717, 1.165) is 0 Å². The van der Waals surface area contributed by atoms with Crippen molar-refractivity contribution in [3.05, 3.63) is 23.8 Å². The number of hydrogen-bond donors (Lipinski definition) is 2. The largest absolute Gasteiger partial charge is 0.398 e. The van der Waals surface area contributed by atoms with Gasteiger partial charge < -0.3 is 10.6 Å². The first-order valence-electron chi connectivity index (χ1n) is 5.52. The van der Waals surface area contributed by atoms with Gasteiger partial charge in [0.2, 0.25) is 10.0 Å². The number of hydrogen-bond acceptors (Lipinski definition) is 4. The number of primary sulfonamides is 1. The SMILES string of the molecule is CCN(CC)C(=O)c1ccc(N)c(S(N)(=O)=O)c1. The van der Waals surface area contributed by atoms with Crippen LogP contribution in [-0.4, -0.2) is 32.3 Å². The number of carbonyl (C=O) groups is 1. The summed E-state index contributed by atoms with van der Waals surface area (Å²) in [5, 5.41) is 5.04. The van der Waals surface area contributed by atoms with Crippen molar-refractivity contribution in [2.75, 3.05) is 18.8 Å². The number of sulfonamides is 1. The molecule has 0 bridgehead atoms. The Hall–Kier alpha value is -1.60. The molecular weight excluding hydrogens is 254 g/mol. The zero-order valence-electron chi connectivity index (χ0n) is 10.4. The molecule has 7 heteroatoms. The van der Waals surface area contributed by atoms with Crippen molar-refractivity contribution in [1.82, 2.24) is 4.90 Å². The summed E-state index contributed by atoms with van der Waals surface area (Å²) in [6.45, 7) is 4.79. The summed E-state index contributed by atoms with van der Waals surface area (Å²) in [6, 6.07) is 4.08. The average Bonchev–Trinajstić information content (AvgIpc) is 2.29. The molecule has 0 spiro atoms. The molecule has 0 saturated carbocycles. The Balaban J connectivity index is 3.25. The summed E-state index contributed by atoms with van der Waals surface area (Å²) >= 11 is 0. The van der Waals surface area contributed by atoms with Gasteiger partial charge in [0.25, 0.3) is 5.91 Å². The van der Waals surface area contributed by atoms with Crippen LogP contribution in [0.1, 0.15) is 24.2 Å². The lowest BCUT2D eigenvalue weighted by Gasteiger charge is -2.19. The smallest absolute Gasteiger partial charge is 0.253 e. The number of nitrogens with two attached hydrogens (primary N) is 2. The third-order valence-corrected chi connectivity index (χ3v) is 3.58. The minimum atomic E-state index is -3.92. The van der Waals surface area contributed by atoms with Gasteiger partial charge in [0.15, 0.2) is 0 Å². The summed E-state index contributed by atoms with van der Waals surface area (Å²) in [4.78, 5) is 13.4. The van der Waals surface area contributed by atoms with Crippen LogP contribution in [0.15, 0.2) is 23.1 Å². The average molecular weight is 271 g/mol. The summed E-state index contributed by atoms with van der Waals surface area (Å²) in [5.74, 6) is -0.245. The Bertz CT molecular complexity index is 551. The van der Waals surface area contributed by atoms with E-state index in [-0.39, 0.29) is 22.1 Å². The molecule has 0 aliphatic heterocycles. The maximum Gasteiger partial charge on any atom is 0.253 e. The summed E-state index contributed by atoms with van der Waals surface area (Å²) in [6.07, 6.45) is 0. The molecule has 0 radical (unpaired) electrons.